The van der Waals surface area contributed by atoms with Gasteiger partial charge in [-0.05, 0) is 44.2 Å². The number of nitro groups is 1. The Kier molecular flexibility index (Phi) is 4.88. The molecule has 0 spiro atoms. The minimum absolute atomic E-state index is 0.140. The topological polar surface area (TPSA) is 68.1 Å². The van der Waals surface area contributed by atoms with Crippen molar-refractivity contribution in [1.82, 2.24) is 9.80 Å². The zero-order chi connectivity index (χ0) is 19.1. The molecule has 0 radical (unpaired) electrons. The van der Waals surface area contributed by atoms with Crippen LogP contribution in [0.5, 0.6) is 11.5 Å². The molecule has 7 nitrogen and oxygen atoms in total. The smallest absolute Gasteiger partial charge is 0.277 e. The minimum atomic E-state index is -0.279. The summed E-state index contributed by atoms with van der Waals surface area (Å²) in [5, 5.41) is 11.7. The molecule has 2 saturated heterocycles. The van der Waals surface area contributed by atoms with Crippen LogP contribution in [0.4, 0.5) is 5.69 Å². The van der Waals surface area contributed by atoms with Crippen molar-refractivity contribution in [3.63, 3.8) is 0 Å². The first kappa shape index (κ1) is 18.2. The molecule has 7 heteroatoms. The molecule has 3 heterocycles. The number of benzene rings is 1. The summed E-state index contributed by atoms with van der Waals surface area (Å²) in [7, 11) is 0. The van der Waals surface area contributed by atoms with Crippen LogP contribution >= 0.6 is 0 Å². The van der Waals surface area contributed by atoms with E-state index < -0.39 is 0 Å². The highest BCUT2D eigenvalue weighted by Gasteiger charge is 2.43. The predicted octanol–water partition coefficient (Wildman–Crippen LogP) is 3.55. The fraction of sp³-hybridized carbons (Fsp3) is 0.714. The number of nitro benzene ring substituents is 1. The molecular weight excluding hydrogens is 358 g/mol. The quantitative estimate of drug-likeness (QED) is 0.581. The summed E-state index contributed by atoms with van der Waals surface area (Å²) < 4.78 is 10.9. The number of rotatable bonds is 4. The molecule has 0 N–H and O–H groups in total. The van der Waals surface area contributed by atoms with Crippen LogP contribution < -0.4 is 9.47 Å². The van der Waals surface area contributed by atoms with Crippen LogP contribution in [0.2, 0.25) is 0 Å². The molecule has 2 atom stereocenters. The van der Waals surface area contributed by atoms with E-state index in [1.807, 2.05) is 6.07 Å². The van der Waals surface area contributed by atoms with Crippen LogP contribution in [0.15, 0.2) is 12.1 Å². The highest BCUT2D eigenvalue weighted by Crippen LogP contribution is 2.41. The molecule has 0 amide bonds. The summed E-state index contributed by atoms with van der Waals surface area (Å²) in [4.78, 5) is 16.7. The van der Waals surface area contributed by atoms with Gasteiger partial charge in [-0.2, -0.15) is 0 Å². The van der Waals surface area contributed by atoms with Gasteiger partial charge in [0.1, 0.15) is 0 Å². The maximum atomic E-state index is 11.7. The second-order valence-corrected chi connectivity index (χ2v) is 8.70. The molecular formula is C21H29N3O4. The van der Waals surface area contributed by atoms with Gasteiger partial charge in [0.05, 0.1) is 11.0 Å². The molecule has 3 aliphatic heterocycles. The lowest BCUT2D eigenvalue weighted by Gasteiger charge is -2.49. The van der Waals surface area contributed by atoms with Crippen LogP contribution in [0.1, 0.15) is 50.5 Å². The molecule has 1 aromatic carbocycles. The largest absolute Gasteiger partial charge is 0.454 e. The Morgan fingerprint density at radius 1 is 1.00 bits per heavy atom. The van der Waals surface area contributed by atoms with E-state index >= 15 is 0 Å². The molecule has 28 heavy (non-hydrogen) atoms. The van der Waals surface area contributed by atoms with Crippen LogP contribution in [-0.2, 0) is 6.54 Å². The first-order valence-electron chi connectivity index (χ1n) is 10.8. The normalized spacial score (nSPS) is 28.4. The van der Waals surface area contributed by atoms with Crippen molar-refractivity contribution >= 4 is 5.69 Å². The third-order valence-corrected chi connectivity index (χ3v) is 7.18. The van der Waals surface area contributed by atoms with E-state index in [9.17, 15) is 10.1 Å². The molecule has 0 aromatic heterocycles. The van der Waals surface area contributed by atoms with Gasteiger partial charge in [0.2, 0.25) is 6.79 Å². The van der Waals surface area contributed by atoms with Crippen molar-refractivity contribution in [3.05, 3.63) is 27.8 Å². The Morgan fingerprint density at radius 2 is 1.79 bits per heavy atom. The molecule has 0 bridgehead atoms. The summed E-state index contributed by atoms with van der Waals surface area (Å²) in [6.07, 6.45) is 9.15. The van der Waals surface area contributed by atoms with Crippen LogP contribution in [0, 0.1) is 16.0 Å². The Labute approximate surface area is 165 Å². The molecule has 3 fully saturated rings. The van der Waals surface area contributed by atoms with E-state index in [0.29, 0.717) is 36.0 Å². The molecule has 1 aliphatic carbocycles. The maximum absolute atomic E-state index is 11.7. The number of hydrogen-bond acceptors (Lipinski definition) is 6. The fourth-order valence-corrected chi connectivity index (χ4v) is 5.93. The summed E-state index contributed by atoms with van der Waals surface area (Å²) >= 11 is 0. The molecule has 1 saturated carbocycles. The van der Waals surface area contributed by atoms with Crippen LogP contribution in [-0.4, -0.2) is 53.2 Å². The third kappa shape index (κ3) is 3.24. The highest BCUT2D eigenvalue weighted by molar-refractivity contribution is 5.55. The summed E-state index contributed by atoms with van der Waals surface area (Å²) in [6, 6.07) is 4.50. The second-order valence-electron chi connectivity index (χ2n) is 8.70. The first-order valence-corrected chi connectivity index (χ1v) is 10.8. The Hall–Kier alpha value is -1.86. The SMILES string of the molecule is O=[N+]([O-])c1cc2c(cc1CN1CCN3CCC[C@@H]3[C@@H]1C1CCCCC1)OCO2. The van der Waals surface area contributed by atoms with Crippen molar-refractivity contribution in [2.75, 3.05) is 26.4 Å². The molecule has 0 unspecified atom stereocenters. The van der Waals surface area contributed by atoms with E-state index in [1.54, 1.807) is 6.07 Å². The van der Waals surface area contributed by atoms with Gasteiger partial charge in [-0.3, -0.25) is 19.9 Å². The van der Waals surface area contributed by atoms with Crippen molar-refractivity contribution in [1.29, 1.82) is 0 Å². The fourth-order valence-electron chi connectivity index (χ4n) is 5.93. The number of ether oxygens (including phenoxy) is 2. The van der Waals surface area contributed by atoms with Gasteiger partial charge in [-0.25, -0.2) is 0 Å². The average Bonchev–Trinajstić information content (AvgIpc) is 3.36. The number of fused-ring (bicyclic) bond motifs is 2. The second kappa shape index (κ2) is 7.52. The standard InChI is InChI=1S/C21H29N3O4/c25-24(26)18-12-20-19(27-14-28-20)11-16(18)13-23-10-9-22-8-4-7-17(22)21(23)15-5-2-1-3-6-15/h11-12,15,17,21H,1-10,13-14H2/t17-,21+/m1/s1. The zero-order valence-electron chi connectivity index (χ0n) is 16.3. The van der Waals surface area contributed by atoms with Gasteiger partial charge in [0, 0.05) is 37.3 Å². The van der Waals surface area contributed by atoms with Crippen molar-refractivity contribution in [2.45, 2.75) is 63.6 Å². The summed E-state index contributed by atoms with van der Waals surface area (Å²) in [6.45, 7) is 4.04. The van der Waals surface area contributed by atoms with Gasteiger partial charge in [0.15, 0.2) is 11.5 Å². The third-order valence-electron chi connectivity index (χ3n) is 7.18. The Morgan fingerprint density at radius 3 is 2.57 bits per heavy atom. The lowest BCUT2D eigenvalue weighted by atomic mass is 9.78. The predicted molar refractivity (Wildman–Crippen MR) is 105 cm³/mol. The zero-order valence-corrected chi connectivity index (χ0v) is 16.3. The average molecular weight is 387 g/mol. The van der Waals surface area contributed by atoms with Crippen molar-refractivity contribution in [2.24, 2.45) is 5.92 Å². The lowest BCUT2D eigenvalue weighted by molar-refractivity contribution is -0.385. The van der Waals surface area contributed by atoms with Gasteiger partial charge < -0.3 is 9.47 Å². The molecule has 152 valence electrons. The maximum Gasteiger partial charge on any atom is 0.277 e. The van der Waals surface area contributed by atoms with E-state index in [1.165, 1.54) is 51.5 Å². The number of piperazine rings is 1. The molecule has 1 aromatic rings. The van der Waals surface area contributed by atoms with Crippen LogP contribution in [0.25, 0.3) is 0 Å². The van der Waals surface area contributed by atoms with E-state index in [0.717, 1.165) is 18.7 Å². The number of hydrogen-bond donors (Lipinski definition) is 0. The van der Waals surface area contributed by atoms with E-state index in [4.69, 9.17) is 9.47 Å². The van der Waals surface area contributed by atoms with Gasteiger partial charge in [0.25, 0.3) is 5.69 Å². The van der Waals surface area contributed by atoms with Gasteiger partial charge >= 0.3 is 0 Å². The Bertz CT molecular complexity index is 749. The van der Waals surface area contributed by atoms with Gasteiger partial charge in [-0.15, -0.1) is 0 Å². The first-order chi connectivity index (χ1) is 13.7. The van der Waals surface area contributed by atoms with E-state index in [-0.39, 0.29) is 17.4 Å². The highest BCUT2D eigenvalue weighted by atomic mass is 16.7. The molecule has 5 rings (SSSR count). The monoisotopic (exact) mass is 387 g/mol. The number of nitrogens with zero attached hydrogens (tertiary/aromatic N) is 3. The Balaban J connectivity index is 1.45. The van der Waals surface area contributed by atoms with Gasteiger partial charge in [-0.1, -0.05) is 19.3 Å². The summed E-state index contributed by atoms with van der Waals surface area (Å²) in [5.74, 6) is 1.84. The lowest BCUT2D eigenvalue weighted by Crippen LogP contribution is -2.59. The molecule has 4 aliphatic rings. The van der Waals surface area contributed by atoms with Crippen LogP contribution in [0.3, 0.4) is 0 Å². The van der Waals surface area contributed by atoms with E-state index in [2.05, 4.69) is 9.80 Å². The van der Waals surface area contributed by atoms with Crippen molar-refractivity contribution in [3.8, 4) is 11.5 Å². The van der Waals surface area contributed by atoms with Crippen molar-refractivity contribution < 1.29 is 14.4 Å². The summed E-state index contributed by atoms with van der Waals surface area (Å²) in [5.41, 5.74) is 0.905. The minimum Gasteiger partial charge on any atom is -0.454 e.